The number of hydrogen-bond donors (Lipinski definition) is 0. The number of aliphatic imine (C=N–C) groups is 1. The van der Waals surface area contributed by atoms with Gasteiger partial charge >= 0.3 is 0 Å². The lowest BCUT2D eigenvalue weighted by molar-refractivity contribution is -0.113. The molecule has 4 nitrogen and oxygen atoms in total. The van der Waals surface area contributed by atoms with E-state index >= 15 is 0 Å². The Bertz CT molecular complexity index is 1300. The Morgan fingerprint density at radius 2 is 1.69 bits per heavy atom. The molecule has 3 aromatic carbocycles. The van der Waals surface area contributed by atoms with Gasteiger partial charge in [-0.1, -0.05) is 59.3 Å². The fourth-order valence-corrected chi connectivity index (χ4v) is 6.10. The highest BCUT2D eigenvalue weighted by molar-refractivity contribution is 8.20. The van der Waals surface area contributed by atoms with Gasteiger partial charge in [0.15, 0.2) is 5.17 Å². The summed E-state index contributed by atoms with van der Waals surface area (Å²) < 4.78 is 0. The van der Waals surface area contributed by atoms with Crippen molar-refractivity contribution >= 4 is 63.3 Å². The number of anilines is 2. The number of carbonyl (C=O) groups is 1. The Balaban J connectivity index is 1.63. The molecule has 0 unspecified atom stereocenters. The molecule has 3 aromatic rings. The molecule has 5 rings (SSSR count). The van der Waals surface area contributed by atoms with Gasteiger partial charge in [0.2, 0.25) is 0 Å². The van der Waals surface area contributed by atoms with Crippen LogP contribution in [-0.2, 0) is 4.79 Å². The van der Waals surface area contributed by atoms with E-state index in [-0.39, 0.29) is 5.91 Å². The van der Waals surface area contributed by atoms with Crippen LogP contribution >= 0.6 is 35.1 Å². The van der Waals surface area contributed by atoms with E-state index in [0.29, 0.717) is 15.1 Å². The van der Waals surface area contributed by atoms with Crippen LogP contribution in [0.15, 0.2) is 86.6 Å². The maximum Gasteiger partial charge on any atom is 0.274 e. The molecule has 0 bridgehead atoms. The van der Waals surface area contributed by atoms with Crippen molar-refractivity contribution in [3.8, 4) is 0 Å². The molecule has 1 saturated heterocycles. The van der Waals surface area contributed by atoms with Crippen LogP contribution in [0.5, 0.6) is 0 Å². The van der Waals surface area contributed by atoms with Crippen LogP contribution in [0.25, 0.3) is 0 Å². The molecule has 2 aliphatic rings. The van der Waals surface area contributed by atoms with Crippen molar-refractivity contribution in [3.05, 3.63) is 92.8 Å². The number of halogens is 1. The van der Waals surface area contributed by atoms with Crippen LogP contribution < -0.4 is 9.80 Å². The molecule has 0 N–H and O–H groups in total. The van der Waals surface area contributed by atoms with Crippen molar-refractivity contribution in [2.45, 2.75) is 18.7 Å². The van der Waals surface area contributed by atoms with Crippen LogP contribution in [-0.4, -0.2) is 18.1 Å². The minimum atomic E-state index is -0.0700. The number of amidine groups is 1. The molecule has 2 aliphatic heterocycles. The summed E-state index contributed by atoms with van der Waals surface area (Å²) in [7, 11) is 1.97. The third kappa shape index (κ3) is 3.72. The Kier molecular flexibility index (Phi) is 5.53. The average molecular weight is 478 g/mol. The number of nitrogens with zero attached hydrogens (tertiary/aromatic N) is 3. The number of carbonyl (C=O) groups excluding carboxylic acids is 1. The van der Waals surface area contributed by atoms with Crippen molar-refractivity contribution in [1.82, 2.24) is 0 Å². The van der Waals surface area contributed by atoms with Gasteiger partial charge in [0.1, 0.15) is 4.91 Å². The number of hydrogen-bond acceptors (Lipinski definition) is 5. The van der Waals surface area contributed by atoms with E-state index in [0.717, 1.165) is 38.1 Å². The summed E-state index contributed by atoms with van der Waals surface area (Å²) in [5.74, 6) is -0.0700. The number of rotatable bonds is 2. The summed E-state index contributed by atoms with van der Waals surface area (Å²) in [5.41, 5.74) is 4.87. The molecule has 0 saturated carbocycles. The SMILES string of the molecule is Cc1ccc(N2C(=O)/C(=C3/Sc4ccc(Cl)cc4N3C)SC2=Nc2ccccc2C)cc1. The Morgan fingerprint density at radius 3 is 2.44 bits per heavy atom. The zero-order valence-electron chi connectivity index (χ0n) is 17.8. The first-order chi connectivity index (χ1) is 15.4. The van der Waals surface area contributed by atoms with Gasteiger partial charge in [-0.25, -0.2) is 4.99 Å². The molecule has 0 aliphatic carbocycles. The number of aryl methyl sites for hydroxylation is 2. The molecule has 0 spiro atoms. The lowest BCUT2D eigenvalue weighted by atomic mass is 10.2. The molecule has 0 radical (unpaired) electrons. The molecule has 0 aromatic heterocycles. The maximum absolute atomic E-state index is 13.7. The fourth-order valence-electron chi connectivity index (χ4n) is 3.61. The van der Waals surface area contributed by atoms with Gasteiger partial charge in [0.05, 0.1) is 22.1 Å². The van der Waals surface area contributed by atoms with Gasteiger partial charge in [0.25, 0.3) is 5.91 Å². The summed E-state index contributed by atoms with van der Waals surface area (Å²) in [5, 5.41) is 2.22. The van der Waals surface area contributed by atoms with Gasteiger partial charge in [-0.05, 0) is 67.6 Å². The maximum atomic E-state index is 13.7. The standard InChI is InChI=1S/C25H20ClN3OS2/c1-15-8-11-18(12-9-15)29-23(30)22(32-25(29)27-19-7-5-4-6-16(19)2)24-28(3)20-14-17(26)10-13-21(20)31-24/h4-14H,1-3H3/b24-22-,27-25?. The topological polar surface area (TPSA) is 35.9 Å². The highest BCUT2D eigenvalue weighted by Gasteiger charge is 2.40. The molecule has 1 fully saturated rings. The molecule has 160 valence electrons. The minimum absolute atomic E-state index is 0.0700. The Morgan fingerprint density at radius 1 is 0.938 bits per heavy atom. The Labute approximate surface area is 201 Å². The fraction of sp³-hybridized carbons (Fsp3) is 0.120. The van der Waals surface area contributed by atoms with Crippen LogP contribution in [0.4, 0.5) is 17.1 Å². The van der Waals surface area contributed by atoms with Gasteiger partial charge in [0, 0.05) is 17.0 Å². The smallest absolute Gasteiger partial charge is 0.274 e. The van der Waals surface area contributed by atoms with Gasteiger partial charge in [-0.3, -0.25) is 9.69 Å². The van der Waals surface area contributed by atoms with Crippen LogP contribution in [0.2, 0.25) is 5.02 Å². The van der Waals surface area contributed by atoms with Crippen LogP contribution in [0, 0.1) is 13.8 Å². The van der Waals surface area contributed by atoms with Crippen molar-refractivity contribution < 1.29 is 4.79 Å². The summed E-state index contributed by atoms with van der Waals surface area (Å²) in [6.07, 6.45) is 0. The second-order valence-corrected chi connectivity index (χ2v) is 10.1. The molecule has 0 atom stereocenters. The predicted molar refractivity (Wildman–Crippen MR) is 137 cm³/mol. The van der Waals surface area contributed by atoms with Gasteiger partial charge < -0.3 is 4.90 Å². The third-order valence-corrected chi connectivity index (χ3v) is 8.02. The average Bonchev–Trinajstić information content (AvgIpc) is 3.27. The van der Waals surface area contributed by atoms with E-state index in [9.17, 15) is 4.79 Å². The summed E-state index contributed by atoms with van der Waals surface area (Å²) >= 11 is 9.22. The lowest BCUT2D eigenvalue weighted by Gasteiger charge is -2.17. The van der Waals surface area contributed by atoms with Gasteiger partial charge in [-0.15, -0.1) is 0 Å². The van der Waals surface area contributed by atoms with Crippen molar-refractivity contribution in [2.24, 2.45) is 4.99 Å². The monoisotopic (exact) mass is 477 g/mol. The summed E-state index contributed by atoms with van der Waals surface area (Å²) in [4.78, 5) is 24.1. The number of fused-ring (bicyclic) bond motifs is 1. The molecule has 32 heavy (non-hydrogen) atoms. The highest BCUT2D eigenvalue weighted by Crippen LogP contribution is 2.51. The third-order valence-electron chi connectivity index (χ3n) is 5.39. The molecule has 1 amide bonds. The van der Waals surface area contributed by atoms with Crippen molar-refractivity contribution in [2.75, 3.05) is 16.8 Å². The zero-order valence-corrected chi connectivity index (χ0v) is 20.2. The van der Waals surface area contributed by atoms with Crippen molar-refractivity contribution in [3.63, 3.8) is 0 Å². The first kappa shape index (κ1) is 21.2. The second-order valence-electron chi connectivity index (χ2n) is 7.67. The number of benzene rings is 3. The van der Waals surface area contributed by atoms with Crippen LogP contribution in [0.3, 0.4) is 0 Å². The van der Waals surface area contributed by atoms with E-state index < -0.39 is 0 Å². The summed E-state index contributed by atoms with van der Waals surface area (Å²) in [6, 6.07) is 21.7. The molecule has 2 heterocycles. The number of thioether (sulfide) groups is 2. The van der Waals surface area contributed by atoms with E-state index in [1.165, 1.54) is 11.8 Å². The molecular weight excluding hydrogens is 458 g/mol. The summed E-state index contributed by atoms with van der Waals surface area (Å²) in [6.45, 7) is 4.06. The van der Waals surface area contributed by atoms with E-state index in [2.05, 4.69) is 0 Å². The first-order valence-corrected chi connectivity index (χ1v) is 12.1. The van der Waals surface area contributed by atoms with Crippen LogP contribution in [0.1, 0.15) is 11.1 Å². The predicted octanol–water partition coefficient (Wildman–Crippen LogP) is 7.14. The van der Waals surface area contributed by atoms with E-state index in [1.807, 2.05) is 92.5 Å². The van der Waals surface area contributed by atoms with Crippen molar-refractivity contribution in [1.29, 1.82) is 0 Å². The molecular formula is C25H20ClN3OS2. The second kappa shape index (κ2) is 8.35. The largest absolute Gasteiger partial charge is 0.337 e. The minimum Gasteiger partial charge on any atom is -0.337 e. The quantitative estimate of drug-likeness (QED) is 0.367. The number of para-hydroxylation sites is 1. The number of amides is 1. The van der Waals surface area contributed by atoms with Gasteiger partial charge in [-0.2, -0.15) is 0 Å². The first-order valence-electron chi connectivity index (χ1n) is 10.1. The highest BCUT2D eigenvalue weighted by atomic mass is 35.5. The Hall–Kier alpha value is -2.67. The van der Waals surface area contributed by atoms with E-state index in [4.69, 9.17) is 16.6 Å². The molecule has 7 heteroatoms. The lowest BCUT2D eigenvalue weighted by Crippen LogP contribution is -2.29. The normalized spacial score (nSPS) is 19.2. The zero-order chi connectivity index (χ0) is 22.4. The van der Waals surface area contributed by atoms with E-state index in [1.54, 1.807) is 16.7 Å².